The van der Waals surface area contributed by atoms with E-state index in [1.54, 1.807) is 0 Å². The van der Waals surface area contributed by atoms with Gasteiger partial charge in [-0.2, -0.15) is 18.2 Å². The van der Waals surface area contributed by atoms with Crippen molar-refractivity contribution in [3.8, 4) is 5.88 Å². The fourth-order valence-electron chi connectivity index (χ4n) is 2.77. The summed E-state index contributed by atoms with van der Waals surface area (Å²) in [5, 5.41) is 5.45. The van der Waals surface area contributed by atoms with Crippen LogP contribution in [0.2, 0.25) is 0 Å². The largest absolute Gasteiger partial charge is 0.468 e. The Morgan fingerprint density at radius 1 is 1.39 bits per heavy atom. The third-order valence-corrected chi connectivity index (χ3v) is 4.12. The number of aromatic nitrogens is 2. The molecule has 3 rings (SSSR count). The van der Waals surface area contributed by atoms with Crippen LogP contribution in [0, 0.1) is 5.41 Å². The van der Waals surface area contributed by atoms with Gasteiger partial charge in [-0.05, 0) is 31.1 Å². The van der Waals surface area contributed by atoms with Gasteiger partial charge >= 0.3 is 12.2 Å². The molecule has 2 fully saturated rings. The molecular weight excluding hydrogens is 313 g/mol. The Labute approximate surface area is 130 Å². The minimum absolute atomic E-state index is 0.0207. The number of urea groups is 1. The average molecular weight is 330 g/mol. The third kappa shape index (κ3) is 4.46. The molecule has 2 aliphatic carbocycles. The molecule has 126 valence electrons. The molecule has 2 saturated carbocycles. The van der Waals surface area contributed by atoms with E-state index in [9.17, 15) is 18.0 Å². The second-order valence-corrected chi connectivity index (χ2v) is 6.15. The molecule has 9 heteroatoms. The first-order valence-electron chi connectivity index (χ1n) is 7.39. The summed E-state index contributed by atoms with van der Waals surface area (Å²) in [5.74, 6) is 0.0105. The van der Waals surface area contributed by atoms with Crippen LogP contribution in [0.5, 0.6) is 5.88 Å². The predicted octanol–water partition coefficient (Wildman–Crippen LogP) is 2.16. The summed E-state index contributed by atoms with van der Waals surface area (Å²) in [6, 6.07) is 1.12. The number of nitrogens with zero attached hydrogens (tertiary/aromatic N) is 2. The zero-order valence-corrected chi connectivity index (χ0v) is 12.3. The zero-order valence-electron chi connectivity index (χ0n) is 12.3. The van der Waals surface area contributed by atoms with Crippen molar-refractivity contribution in [1.82, 2.24) is 20.6 Å². The van der Waals surface area contributed by atoms with Crippen LogP contribution in [-0.2, 0) is 6.54 Å². The van der Waals surface area contributed by atoms with Crippen molar-refractivity contribution in [3.05, 3.63) is 18.1 Å². The molecule has 0 aliphatic heterocycles. The minimum Gasteiger partial charge on any atom is -0.468 e. The molecule has 0 unspecified atom stereocenters. The number of ether oxygens (including phenoxy) is 1. The summed E-state index contributed by atoms with van der Waals surface area (Å²) in [5.41, 5.74) is 0.505. The van der Waals surface area contributed by atoms with Gasteiger partial charge in [-0.1, -0.05) is 0 Å². The lowest BCUT2D eigenvalue weighted by molar-refractivity contribution is -0.154. The Morgan fingerprint density at radius 2 is 2.13 bits per heavy atom. The van der Waals surface area contributed by atoms with Crippen molar-refractivity contribution in [2.45, 2.75) is 44.4 Å². The van der Waals surface area contributed by atoms with E-state index in [1.807, 2.05) is 0 Å². The van der Waals surface area contributed by atoms with Gasteiger partial charge in [0.15, 0.2) is 12.4 Å². The monoisotopic (exact) mass is 330 g/mol. The molecule has 0 saturated heterocycles. The first-order chi connectivity index (χ1) is 10.8. The van der Waals surface area contributed by atoms with Crippen molar-refractivity contribution in [3.63, 3.8) is 0 Å². The van der Waals surface area contributed by atoms with Crippen molar-refractivity contribution in [2.75, 3.05) is 6.61 Å². The number of alkyl halides is 3. The molecule has 1 aromatic rings. The standard InChI is InChI=1S/C14H17F3N4O2/c15-14(16,17)8-23-11-1-4-18-10(21-11)7-19-12(22)20-9-5-13(6-9)2-3-13/h1,4,9H,2-3,5-8H2,(H2,19,20,22). The summed E-state index contributed by atoms with van der Waals surface area (Å²) in [4.78, 5) is 19.4. The number of nitrogens with one attached hydrogen (secondary N) is 2. The van der Waals surface area contributed by atoms with Gasteiger partial charge in [0, 0.05) is 18.3 Å². The highest BCUT2D eigenvalue weighted by Gasteiger charge is 2.53. The molecule has 2 aliphatic rings. The summed E-state index contributed by atoms with van der Waals surface area (Å²) in [7, 11) is 0. The maximum Gasteiger partial charge on any atom is 0.422 e. The molecule has 0 atom stereocenters. The first kappa shape index (κ1) is 15.8. The number of amides is 2. The van der Waals surface area contributed by atoms with Gasteiger partial charge in [0.2, 0.25) is 5.88 Å². The molecular formula is C14H17F3N4O2. The lowest BCUT2D eigenvalue weighted by Crippen LogP contribution is -2.49. The van der Waals surface area contributed by atoms with Crippen LogP contribution in [0.15, 0.2) is 12.3 Å². The summed E-state index contributed by atoms with van der Waals surface area (Å²) >= 11 is 0. The van der Waals surface area contributed by atoms with E-state index in [2.05, 4.69) is 25.3 Å². The number of carbonyl (C=O) groups is 1. The second-order valence-electron chi connectivity index (χ2n) is 6.15. The Balaban J connectivity index is 1.41. The molecule has 23 heavy (non-hydrogen) atoms. The van der Waals surface area contributed by atoms with Crippen molar-refractivity contribution < 1.29 is 22.7 Å². The van der Waals surface area contributed by atoms with E-state index in [4.69, 9.17) is 0 Å². The fourth-order valence-corrected chi connectivity index (χ4v) is 2.77. The second kappa shape index (κ2) is 5.86. The third-order valence-electron chi connectivity index (χ3n) is 4.12. The van der Waals surface area contributed by atoms with Gasteiger partial charge in [0.1, 0.15) is 0 Å². The van der Waals surface area contributed by atoms with E-state index in [0.717, 1.165) is 12.8 Å². The molecule has 2 N–H and O–H groups in total. The van der Waals surface area contributed by atoms with Crippen LogP contribution in [-0.4, -0.2) is 34.8 Å². The topological polar surface area (TPSA) is 76.1 Å². The Kier molecular flexibility index (Phi) is 4.03. The Hall–Kier alpha value is -2.06. The lowest BCUT2D eigenvalue weighted by atomic mass is 9.77. The number of hydrogen-bond acceptors (Lipinski definition) is 4. The molecule has 6 nitrogen and oxygen atoms in total. The number of rotatable bonds is 5. The van der Waals surface area contributed by atoms with Crippen LogP contribution in [0.1, 0.15) is 31.5 Å². The van der Waals surface area contributed by atoms with Gasteiger partial charge in [-0.25, -0.2) is 9.78 Å². The summed E-state index contributed by atoms with van der Waals surface area (Å²) in [6.07, 6.45) is 1.42. The Bertz CT molecular complexity index is 582. The van der Waals surface area contributed by atoms with Gasteiger partial charge in [-0.3, -0.25) is 0 Å². The van der Waals surface area contributed by atoms with Gasteiger partial charge in [0.05, 0.1) is 6.54 Å². The molecule has 1 heterocycles. The van der Waals surface area contributed by atoms with Gasteiger partial charge in [-0.15, -0.1) is 0 Å². The van der Waals surface area contributed by atoms with Gasteiger partial charge < -0.3 is 15.4 Å². The van der Waals surface area contributed by atoms with Crippen molar-refractivity contribution in [1.29, 1.82) is 0 Å². The summed E-state index contributed by atoms with van der Waals surface area (Å²) < 4.78 is 40.8. The molecule has 1 aromatic heterocycles. The van der Waals surface area contributed by atoms with Crippen LogP contribution >= 0.6 is 0 Å². The van der Waals surface area contributed by atoms with E-state index in [0.29, 0.717) is 5.41 Å². The highest BCUT2D eigenvalue weighted by molar-refractivity contribution is 5.74. The normalized spacial score (nSPS) is 19.1. The predicted molar refractivity (Wildman–Crippen MR) is 73.6 cm³/mol. The average Bonchev–Trinajstić information content (AvgIpc) is 3.23. The molecule has 0 radical (unpaired) electrons. The van der Waals surface area contributed by atoms with E-state index in [-0.39, 0.29) is 30.3 Å². The zero-order chi connectivity index (χ0) is 16.5. The SMILES string of the molecule is O=C(NCc1nccc(OCC(F)(F)F)n1)NC1CC2(CC2)C1. The minimum atomic E-state index is -4.43. The van der Waals surface area contributed by atoms with Crippen LogP contribution < -0.4 is 15.4 Å². The molecule has 0 aromatic carbocycles. The number of halogens is 3. The number of hydrogen-bond donors (Lipinski definition) is 2. The molecule has 2 amide bonds. The summed E-state index contributed by atoms with van der Waals surface area (Å²) in [6.45, 7) is -1.40. The molecule has 1 spiro atoms. The van der Waals surface area contributed by atoms with Crippen molar-refractivity contribution >= 4 is 6.03 Å². The van der Waals surface area contributed by atoms with Crippen LogP contribution in [0.3, 0.4) is 0 Å². The maximum absolute atomic E-state index is 12.1. The van der Waals surface area contributed by atoms with E-state index >= 15 is 0 Å². The maximum atomic E-state index is 12.1. The van der Waals surface area contributed by atoms with E-state index < -0.39 is 12.8 Å². The number of carbonyl (C=O) groups excluding carboxylic acids is 1. The highest BCUT2D eigenvalue weighted by Crippen LogP contribution is 2.60. The quantitative estimate of drug-likeness (QED) is 0.867. The van der Waals surface area contributed by atoms with Crippen LogP contribution in [0.4, 0.5) is 18.0 Å². The molecule has 0 bridgehead atoms. The smallest absolute Gasteiger partial charge is 0.422 e. The van der Waals surface area contributed by atoms with Crippen molar-refractivity contribution in [2.24, 2.45) is 5.41 Å². The lowest BCUT2D eigenvalue weighted by Gasteiger charge is -2.36. The van der Waals surface area contributed by atoms with E-state index in [1.165, 1.54) is 25.1 Å². The van der Waals surface area contributed by atoms with Gasteiger partial charge in [0.25, 0.3) is 0 Å². The Morgan fingerprint density at radius 3 is 2.78 bits per heavy atom. The fraction of sp³-hybridized carbons (Fsp3) is 0.643. The highest BCUT2D eigenvalue weighted by atomic mass is 19.4. The van der Waals surface area contributed by atoms with Crippen LogP contribution in [0.25, 0.3) is 0 Å². The first-order valence-corrected chi connectivity index (χ1v) is 7.39.